The van der Waals surface area contributed by atoms with Crippen LogP contribution >= 0.6 is 0 Å². The highest BCUT2D eigenvalue weighted by molar-refractivity contribution is 5.79. The van der Waals surface area contributed by atoms with E-state index < -0.39 is 5.41 Å². The molecule has 0 radical (unpaired) electrons. The van der Waals surface area contributed by atoms with Gasteiger partial charge in [-0.25, -0.2) is 9.97 Å². The molecule has 31 heavy (non-hydrogen) atoms. The molecule has 1 atom stereocenters. The van der Waals surface area contributed by atoms with Crippen LogP contribution in [0.5, 0.6) is 0 Å². The molecule has 3 aromatic rings. The number of benzene rings is 1. The van der Waals surface area contributed by atoms with Gasteiger partial charge in [0.25, 0.3) is 0 Å². The summed E-state index contributed by atoms with van der Waals surface area (Å²) in [6.07, 6.45) is 9.28. The van der Waals surface area contributed by atoms with Crippen LogP contribution in [0.25, 0.3) is 22.4 Å². The van der Waals surface area contributed by atoms with Crippen LogP contribution in [0, 0.1) is 10.8 Å². The number of nitrogens with one attached hydrogen (secondary N) is 2. The number of hydrogen-bond donors (Lipinski definition) is 2. The van der Waals surface area contributed by atoms with Crippen LogP contribution in [-0.4, -0.2) is 47.4 Å². The molecule has 6 heteroatoms. The Morgan fingerprint density at radius 3 is 3.00 bits per heavy atom. The number of aromatic nitrogens is 3. The molecule has 2 aliphatic heterocycles. The lowest BCUT2D eigenvalue weighted by atomic mass is 9.80. The number of piperidine rings is 1. The van der Waals surface area contributed by atoms with E-state index in [2.05, 4.69) is 44.5 Å². The summed E-state index contributed by atoms with van der Waals surface area (Å²) in [6.45, 7) is 8.42. The molecule has 2 saturated heterocycles. The van der Waals surface area contributed by atoms with Crippen LogP contribution in [-0.2, 0) is 11.2 Å². The number of nitrogens with zero attached hydrogens (tertiary/aromatic N) is 3. The Morgan fingerprint density at radius 2 is 2.19 bits per heavy atom. The van der Waals surface area contributed by atoms with Gasteiger partial charge in [-0.05, 0) is 49.9 Å². The molecule has 2 fully saturated rings. The van der Waals surface area contributed by atoms with E-state index in [0.29, 0.717) is 11.8 Å². The lowest BCUT2D eigenvalue weighted by Crippen LogP contribution is -2.41. The fourth-order valence-corrected chi connectivity index (χ4v) is 5.14. The number of carbonyl (C=O) groups excluding carboxylic acids is 1. The minimum atomic E-state index is -0.424. The zero-order valence-corrected chi connectivity index (χ0v) is 18.4. The standard InChI is InChI=1S/C25H31N5O/c1-24(2,17-31)12-19-13-27-23-22(19)29-21(14-28-23)18-5-3-6-20(11-18)30-10-8-25(16-30)7-4-9-26-15-25/h3,5-6,11,13-14,17,26H,4,7-10,12,15-16H2,1-2H3,(H,27,28). The van der Waals surface area contributed by atoms with Crippen molar-refractivity contribution in [2.45, 2.75) is 39.5 Å². The van der Waals surface area contributed by atoms with E-state index in [1.165, 1.54) is 24.9 Å². The molecular formula is C25H31N5O. The van der Waals surface area contributed by atoms with Gasteiger partial charge in [0.1, 0.15) is 11.8 Å². The monoisotopic (exact) mass is 417 g/mol. The summed E-state index contributed by atoms with van der Waals surface area (Å²) in [5, 5.41) is 3.60. The first kappa shape index (κ1) is 20.2. The van der Waals surface area contributed by atoms with Gasteiger partial charge in [0.15, 0.2) is 5.65 Å². The largest absolute Gasteiger partial charge is 0.371 e. The molecule has 162 valence electrons. The number of rotatable bonds is 5. The summed E-state index contributed by atoms with van der Waals surface area (Å²) in [5.41, 5.74) is 5.87. The predicted molar refractivity (Wildman–Crippen MR) is 124 cm³/mol. The normalized spacial score (nSPS) is 21.8. The second-order valence-corrected chi connectivity index (χ2v) is 10.1. The smallest absolute Gasteiger partial charge is 0.156 e. The minimum Gasteiger partial charge on any atom is -0.371 e. The molecule has 1 spiro atoms. The minimum absolute atomic E-state index is 0.424. The highest BCUT2D eigenvalue weighted by Crippen LogP contribution is 2.39. The van der Waals surface area contributed by atoms with Crippen LogP contribution in [0.3, 0.4) is 0 Å². The van der Waals surface area contributed by atoms with Crippen molar-refractivity contribution in [1.29, 1.82) is 0 Å². The Labute approximate surface area is 183 Å². The van der Waals surface area contributed by atoms with E-state index in [1.54, 1.807) is 0 Å². The molecular weight excluding hydrogens is 386 g/mol. The van der Waals surface area contributed by atoms with Crippen LogP contribution < -0.4 is 10.2 Å². The van der Waals surface area contributed by atoms with Gasteiger partial charge in [-0.15, -0.1) is 0 Å². The van der Waals surface area contributed by atoms with E-state index >= 15 is 0 Å². The van der Waals surface area contributed by atoms with Gasteiger partial charge in [0.05, 0.1) is 11.9 Å². The van der Waals surface area contributed by atoms with Crippen LogP contribution in [0.15, 0.2) is 36.7 Å². The summed E-state index contributed by atoms with van der Waals surface area (Å²) < 4.78 is 0. The Kier molecular flexibility index (Phi) is 5.05. The van der Waals surface area contributed by atoms with Gasteiger partial charge in [-0.1, -0.05) is 26.0 Å². The Balaban J connectivity index is 1.42. The summed E-state index contributed by atoms with van der Waals surface area (Å²) in [5.74, 6) is 0. The molecule has 2 aromatic heterocycles. The predicted octanol–water partition coefficient (Wildman–Crippen LogP) is 3.97. The quantitative estimate of drug-likeness (QED) is 0.615. The number of hydrogen-bond acceptors (Lipinski definition) is 5. The number of anilines is 1. The van der Waals surface area contributed by atoms with Crippen molar-refractivity contribution in [2.75, 3.05) is 31.1 Å². The van der Waals surface area contributed by atoms with Crippen molar-refractivity contribution in [3.8, 4) is 11.3 Å². The number of fused-ring (bicyclic) bond motifs is 1. The van der Waals surface area contributed by atoms with Gasteiger partial charge in [0.2, 0.25) is 0 Å². The lowest BCUT2D eigenvalue weighted by molar-refractivity contribution is -0.114. The third-order valence-electron chi connectivity index (χ3n) is 6.93. The Hall–Kier alpha value is -2.73. The number of aromatic amines is 1. The van der Waals surface area contributed by atoms with Crippen molar-refractivity contribution in [3.05, 3.63) is 42.2 Å². The first-order valence-electron chi connectivity index (χ1n) is 11.3. The third kappa shape index (κ3) is 3.97. The summed E-state index contributed by atoms with van der Waals surface area (Å²) in [4.78, 5) is 26.7. The van der Waals surface area contributed by atoms with Crippen LogP contribution in [0.4, 0.5) is 5.69 Å². The van der Waals surface area contributed by atoms with Gasteiger partial charge in [0, 0.05) is 47.9 Å². The van der Waals surface area contributed by atoms with Crippen molar-refractivity contribution in [3.63, 3.8) is 0 Å². The Morgan fingerprint density at radius 1 is 1.29 bits per heavy atom. The van der Waals surface area contributed by atoms with Crippen LogP contribution in [0.1, 0.15) is 38.7 Å². The van der Waals surface area contributed by atoms with Crippen molar-refractivity contribution in [1.82, 2.24) is 20.3 Å². The lowest BCUT2D eigenvalue weighted by Gasteiger charge is -2.34. The van der Waals surface area contributed by atoms with Crippen molar-refractivity contribution < 1.29 is 4.79 Å². The maximum absolute atomic E-state index is 11.4. The van der Waals surface area contributed by atoms with Crippen LogP contribution in [0.2, 0.25) is 0 Å². The van der Waals surface area contributed by atoms with Gasteiger partial charge in [-0.3, -0.25) is 0 Å². The van der Waals surface area contributed by atoms with E-state index in [-0.39, 0.29) is 0 Å². The maximum Gasteiger partial charge on any atom is 0.156 e. The number of carbonyl (C=O) groups is 1. The van der Waals surface area contributed by atoms with E-state index in [4.69, 9.17) is 4.98 Å². The van der Waals surface area contributed by atoms with Gasteiger partial charge in [-0.2, -0.15) is 0 Å². The highest BCUT2D eigenvalue weighted by Gasteiger charge is 2.39. The zero-order chi connectivity index (χ0) is 21.5. The first-order valence-corrected chi connectivity index (χ1v) is 11.3. The molecule has 0 aliphatic carbocycles. The summed E-state index contributed by atoms with van der Waals surface area (Å²) >= 11 is 0. The van der Waals surface area contributed by atoms with E-state index in [9.17, 15) is 4.79 Å². The fraction of sp³-hybridized carbons (Fsp3) is 0.480. The SMILES string of the molecule is CC(C)(C=O)Cc1c[nH]c2ncc(-c3cccc(N4CCC5(CCCNC5)C4)c3)nc12. The summed E-state index contributed by atoms with van der Waals surface area (Å²) in [7, 11) is 0. The average Bonchev–Trinajstić information content (AvgIpc) is 3.38. The second-order valence-electron chi connectivity index (χ2n) is 10.1. The number of H-pyrrole nitrogens is 1. The average molecular weight is 418 g/mol. The van der Waals surface area contributed by atoms with Gasteiger partial charge >= 0.3 is 0 Å². The molecule has 4 heterocycles. The molecule has 6 nitrogen and oxygen atoms in total. The maximum atomic E-state index is 11.4. The first-order chi connectivity index (χ1) is 15.0. The van der Waals surface area contributed by atoms with E-state index in [0.717, 1.165) is 60.4 Å². The molecule has 1 unspecified atom stereocenters. The molecule has 0 saturated carbocycles. The summed E-state index contributed by atoms with van der Waals surface area (Å²) in [6, 6.07) is 8.68. The Bertz CT molecular complexity index is 1100. The number of aldehydes is 1. The highest BCUT2D eigenvalue weighted by atomic mass is 16.1. The van der Waals surface area contributed by atoms with Crippen molar-refractivity contribution >= 4 is 23.1 Å². The van der Waals surface area contributed by atoms with E-state index in [1.807, 2.05) is 26.2 Å². The molecule has 5 rings (SSSR count). The molecule has 0 bridgehead atoms. The topological polar surface area (TPSA) is 73.9 Å². The van der Waals surface area contributed by atoms with Crippen molar-refractivity contribution in [2.24, 2.45) is 10.8 Å². The molecule has 0 amide bonds. The fourth-order valence-electron chi connectivity index (χ4n) is 5.14. The molecule has 2 aliphatic rings. The molecule has 2 N–H and O–H groups in total. The third-order valence-corrected chi connectivity index (χ3v) is 6.93. The van der Waals surface area contributed by atoms with Gasteiger partial charge < -0.3 is 20.0 Å². The second kappa shape index (κ2) is 7.75. The zero-order valence-electron chi connectivity index (χ0n) is 18.4. The molecule has 1 aromatic carbocycles.